The largest absolute Gasteiger partial charge is 0.461 e. The van der Waals surface area contributed by atoms with Crippen LogP contribution < -0.4 is 15.4 Å². The number of benzene rings is 1. The Kier molecular flexibility index (Phi) is 6.56. The lowest BCUT2D eigenvalue weighted by molar-refractivity contribution is 0.192. The van der Waals surface area contributed by atoms with E-state index in [0.29, 0.717) is 24.1 Å². The van der Waals surface area contributed by atoms with Crippen molar-refractivity contribution in [3.05, 3.63) is 18.2 Å². The number of hydrogen-bond donors (Lipinski definition) is 1. The zero-order valence-corrected chi connectivity index (χ0v) is 17.0. The van der Waals surface area contributed by atoms with E-state index in [1.807, 2.05) is 12.1 Å². The molecule has 0 saturated carbocycles. The van der Waals surface area contributed by atoms with E-state index in [9.17, 15) is 8.96 Å². The second-order valence-corrected chi connectivity index (χ2v) is 11.6. The molecular formula is C19H32FN2O2P. The minimum atomic E-state index is -2.42. The van der Waals surface area contributed by atoms with Crippen molar-refractivity contribution < 1.29 is 13.7 Å². The highest BCUT2D eigenvalue weighted by Crippen LogP contribution is 2.50. The molecule has 1 N–H and O–H groups in total. The number of ether oxygens (including phenoxy) is 1. The minimum absolute atomic E-state index is 0.100. The molecule has 1 aliphatic heterocycles. The van der Waals surface area contributed by atoms with Gasteiger partial charge in [0.15, 0.2) is 0 Å². The summed E-state index contributed by atoms with van der Waals surface area (Å²) < 4.78 is 31.4. The minimum Gasteiger partial charge on any atom is -0.461 e. The van der Waals surface area contributed by atoms with Crippen molar-refractivity contribution in [3.63, 3.8) is 0 Å². The molecule has 1 aliphatic rings. The molecule has 25 heavy (non-hydrogen) atoms. The molecule has 0 unspecified atom stereocenters. The van der Waals surface area contributed by atoms with Gasteiger partial charge in [-0.25, -0.2) is 4.39 Å². The summed E-state index contributed by atoms with van der Waals surface area (Å²) in [6.07, 6.45) is 3.29. The number of alkyl halides is 1. The third-order valence-electron chi connectivity index (χ3n) is 4.83. The fourth-order valence-corrected chi connectivity index (χ4v) is 6.06. The summed E-state index contributed by atoms with van der Waals surface area (Å²) in [6, 6.07) is 6.08. The van der Waals surface area contributed by atoms with Crippen LogP contribution in [0.3, 0.4) is 0 Å². The van der Waals surface area contributed by atoms with Gasteiger partial charge in [0.25, 0.3) is 0 Å². The van der Waals surface area contributed by atoms with Crippen molar-refractivity contribution in [2.75, 3.05) is 45.1 Å². The maximum atomic E-state index is 13.4. The first-order valence-corrected chi connectivity index (χ1v) is 11.0. The highest BCUT2D eigenvalue weighted by molar-refractivity contribution is 7.71. The Morgan fingerprint density at radius 2 is 1.92 bits per heavy atom. The van der Waals surface area contributed by atoms with Gasteiger partial charge in [-0.05, 0) is 50.6 Å². The van der Waals surface area contributed by atoms with Gasteiger partial charge in [0, 0.05) is 30.2 Å². The van der Waals surface area contributed by atoms with Crippen LogP contribution in [0.25, 0.3) is 0 Å². The van der Waals surface area contributed by atoms with Gasteiger partial charge >= 0.3 is 0 Å². The first-order chi connectivity index (χ1) is 11.6. The third kappa shape index (κ3) is 5.46. The van der Waals surface area contributed by atoms with E-state index in [4.69, 9.17) is 4.74 Å². The molecule has 0 spiro atoms. The van der Waals surface area contributed by atoms with E-state index in [1.54, 1.807) is 6.07 Å². The van der Waals surface area contributed by atoms with Crippen LogP contribution in [0.4, 0.5) is 10.1 Å². The van der Waals surface area contributed by atoms with Gasteiger partial charge in [-0.3, -0.25) is 0 Å². The van der Waals surface area contributed by atoms with Crippen LogP contribution in [0.5, 0.6) is 5.75 Å². The first kappa shape index (κ1) is 20.3. The lowest BCUT2D eigenvalue weighted by Gasteiger charge is -2.33. The van der Waals surface area contributed by atoms with E-state index < -0.39 is 14.0 Å². The van der Waals surface area contributed by atoms with Crippen LogP contribution in [0.1, 0.15) is 33.6 Å². The van der Waals surface area contributed by atoms with Crippen molar-refractivity contribution in [1.29, 1.82) is 0 Å². The van der Waals surface area contributed by atoms with E-state index in [1.165, 1.54) is 0 Å². The molecule has 0 amide bonds. The fraction of sp³-hybridized carbons (Fsp3) is 0.684. The molecule has 1 fully saturated rings. The zero-order valence-electron chi connectivity index (χ0n) is 16.1. The van der Waals surface area contributed by atoms with Gasteiger partial charge in [-0.2, -0.15) is 0 Å². The molecule has 0 atom stereocenters. The van der Waals surface area contributed by atoms with Gasteiger partial charge in [0.05, 0.1) is 5.69 Å². The molecule has 4 nitrogen and oxygen atoms in total. The Balaban J connectivity index is 2.19. The highest BCUT2D eigenvalue weighted by atomic mass is 31.2. The van der Waals surface area contributed by atoms with Crippen LogP contribution >= 0.6 is 7.14 Å². The molecule has 0 aromatic heterocycles. The smallest absolute Gasteiger partial charge is 0.228 e. The van der Waals surface area contributed by atoms with Gasteiger partial charge < -0.3 is 19.5 Å². The first-order valence-electron chi connectivity index (χ1n) is 8.96. The standard InChI is InChI=1S/C19H32FN2O2P/c1-19(2,3)13-21-17-7-6-16(12-18(17)24-14-20)25(23)10-8-15(9-11-25)22(4)5/h6-7,12,15,21H,8-11,13-14H2,1-5H3. The summed E-state index contributed by atoms with van der Waals surface area (Å²) in [6.45, 7) is 6.25. The normalized spacial score (nSPS) is 24.4. The van der Waals surface area contributed by atoms with Crippen LogP contribution in [-0.4, -0.2) is 50.8 Å². The van der Waals surface area contributed by atoms with E-state index >= 15 is 0 Å². The van der Waals surface area contributed by atoms with Crippen molar-refractivity contribution in [1.82, 2.24) is 4.90 Å². The molecule has 1 aromatic rings. The Labute approximate surface area is 151 Å². The molecule has 142 valence electrons. The summed E-state index contributed by atoms with van der Waals surface area (Å²) in [4.78, 5) is 2.21. The Morgan fingerprint density at radius 3 is 2.44 bits per heavy atom. The molecule has 2 rings (SSSR count). The van der Waals surface area contributed by atoms with Gasteiger partial charge in [-0.15, -0.1) is 0 Å². The average Bonchev–Trinajstić information content (AvgIpc) is 2.53. The molecule has 1 aromatic carbocycles. The number of rotatable bonds is 6. The van der Waals surface area contributed by atoms with Crippen molar-refractivity contribution in [2.24, 2.45) is 5.41 Å². The average molecular weight is 370 g/mol. The molecule has 1 saturated heterocycles. The molecular weight excluding hydrogens is 338 g/mol. The van der Waals surface area contributed by atoms with Gasteiger partial charge in [0.2, 0.25) is 6.86 Å². The Morgan fingerprint density at radius 1 is 1.28 bits per heavy atom. The summed E-state index contributed by atoms with van der Waals surface area (Å²) in [5, 5.41) is 4.13. The topological polar surface area (TPSA) is 41.6 Å². The van der Waals surface area contributed by atoms with E-state index in [-0.39, 0.29) is 5.41 Å². The lowest BCUT2D eigenvalue weighted by atomic mass is 9.97. The second kappa shape index (κ2) is 8.09. The maximum Gasteiger partial charge on any atom is 0.228 e. The van der Waals surface area contributed by atoms with E-state index in [2.05, 4.69) is 45.1 Å². The van der Waals surface area contributed by atoms with E-state index in [0.717, 1.165) is 30.4 Å². The second-order valence-electron chi connectivity index (χ2n) is 8.38. The lowest BCUT2D eigenvalue weighted by Crippen LogP contribution is -2.34. The Bertz CT molecular complexity index is 616. The van der Waals surface area contributed by atoms with Crippen LogP contribution in [0.2, 0.25) is 0 Å². The molecule has 0 bridgehead atoms. The van der Waals surface area contributed by atoms with Crippen molar-refractivity contribution >= 4 is 18.1 Å². The number of nitrogens with one attached hydrogen (secondary N) is 1. The maximum absolute atomic E-state index is 13.4. The molecule has 1 heterocycles. The van der Waals surface area contributed by atoms with Crippen LogP contribution in [-0.2, 0) is 4.57 Å². The van der Waals surface area contributed by atoms with Crippen molar-refractivity contribution in [2.45, 2.75) is 39.7 Å². The van der Waals surface area contributed by atoms with Gasteiger partial charge in [0.1, 0.15) is 12.9 Å². The quantitative estimate of drug-likeness (QED) is 0.764. The van der Waals surface area contributed by atoms with Gasteiger partial charge in [-0.1, -0.05) is 20.8 Å². The summed E-state index contributed by atoms with van der Waals surface area (Å²) in [7, 11) is 1.72. The summed E-state index contributed by atoms with van der Waals surface area (Å²) in [5.74, 6) is 0.453. The number of hydrogen-bond acceptors (Lipinski definition) is 4. The predicted molar refractivity (Wildman–Crippen MR) is 105 cm³/mol. The highest BCUT2D eigenvalue weighted by Gasteiger charge is 2.32. The third-order valence-corrected chi connectivity index (χ3v) is 8.01. The molecule has 0 aliphatic carbocycles. The Hall–Kier alpha value is -1.06. The number of halogens is 1. The SMILES string of the molecule is CN(C)C1CCP(=O)(c2ccc(NCC(C)(C)C)c(OCF)c2)CC1. The fourth-order valence-electron chi connectivity index (χ4n) is 3.19. The van der Waals surface area contributed by atoms with Crippen LogP contribution in [0.15, 0.2) is 18.2 Å². The molecule has 0 radical (unpaired) electrons. The zero-order chi connectivity index (χ0) is 18.7. The number of nitrogens with zero attached hydrogens (tertiary/aromatic N) is 1. The number of anilines is 1. The van der Waals surface area contributed by atoms with Crippen LogP contribution in [0, 0.1) is 5.41 Å². The van der Waals surface area contributed by atoms with Crippen molar-refractivity contribution in [3.8, 4) is 5.75 Å². The summed E-state index contributed by atoms with van der Waals surface area (Å²) >= 11 is 0. The monoisotopic (exact) mass is 370 g/mol. The predicted octanol–water partition coefficient (Wildman–Crippen LogP) is 4.16. The summed E-state index contributed by atoms with van der Waals surface area (Å²) in [5.41, 5.74) is 0.856. The molecule has 6 heteroatoms.